The molecule has 1 fully saturated rings. The molecule has 2 nitrogen and oxygen atoms in total. The molecule has 0 N–H and O–H groups in total. The summed E-state index contributed by atoms with van der Waals surface area (Å²) in [5.74, 6) is 0.765. The molecule has 1 aromatic heterocycles. The van der Waals surface area contributed by atoms with Crippen LogP contribution in [0.25, 0.3) is 6.08 Å². The highest BCUT2D eigenvalue weighted by Gasteiger charge is 2.19. The molecule has 2 rings (SSSR count). The van der Waals surface area contributed by atoms with E-state index in [9.17, 15) is 0 Å². The highest BCUT2D eigenvalue weighted by molar-refractivity contribution is 7.80. The van der Waals surface area contributed by atoms with Crippen LogP contribution >= 0.6 is 24.0 Å². The van der Waals surface area contributed by atoms with Gasteiger partial charge in [0.15, 0.2) is 6.29 Å². The second kappa shape index (κ2) is 4.98. The molecule has 0 saturated carbocycles. The molecular weight excluding hydrogens is 216 g/mol. The number of thiophene rings is 1. The van der Waals surface area contributed by atoms with Gasteiger partial charge >= 0.3 is 0 Å². The molecule has 0 bridgehead atoms. The summed E-state index contributed by atoms with van der Waals surface area (Å²) in [7, 11) is 0. The fraction of sp³-hybridized carbons (Fsp3) is 0.400. The maximum Gasteiger partial charge on any atom is 0.193 e. The summed E-state index contributed by atoms with van der Waals surface area (Å²) in [5.41, 5.74) is 1.19. The first-order chi connectivity index (χ1) is 6.90. The Bertz CT molecular complexity index is 314. The Morgan fingerprint density at radius 2 is 2.29 bits per heavy atom. The maximum atomic E-state index is 5.41. The van der Waals surface area contributed by atoms with Crippen LogP contribution in [0.3, 0.4) is 0 Å². The standard InChI is InChI=1S/C10H12O2S2/c13-5-1-2-8-6-9(14-7-8)10-11-3-4-12-10/h1-2,6-7,10,13H,3-5H2. The summed E-state index contributed by atoms with van der Waals surface area (Å²) in [5, 5.41) is 2.10. The van der Waals surface area contributed by atoms with E-state index in [-0.39, 0.29) is 6.29 Å². The summed E-state index contributed by atoms with van der Waals surface area (Å²) >= 11 is 5.78. The number of thiol groups is 1. The fourth-order valence-corrected chi connectivity index (χ4v) is 2.27. The van der Waals surface area contributed by atoms with E-state index in [1.807, 2.05) is 6.08 Å². The highest BCUT2D eigenvalue weighted by atomic mass is 32.1. The average Bonchev–Trinajstić information content (AvgIpc) is 2.85. The summed E-state index contributed by atoms with van der Waals surface area (Å²) in [4.78, 5) is 1.14. The van der Waals surface area contributed by atoms with E-state index in [0.29, 0.717) is 13.2 Å². The zero-order chi connectivity index (χ0) is 9.80. The van der Waals surface area contributed by atoms with Gasteiger partial charge in [-0.3, -0.25) is 0 Å². The molecule has 0 atom stereocenters. The third-order valence-corrected chi connectivity index (χ3v) is 3.09. The van der Waals surface area contributed by atoms with Crippen molar-refractivity contribution in [2.24, 2.45) is 0 Å². The van der Waals surface area contributed by atoms with Crippen LogP contribution in [0.1, 0.15) is 16.7 Å². The van der Waals surface area contributed by atoms with Gasteiger partial charge in [-0.15, -0.1) is 11.3 Å². The molecule has 1 aliphatic rings. The molecule has 0 amide bonds. The molecule has 4 heteroatoms. The minimum absolute atomic E-state index is 0.141. The maximum absolute atomic E-state index is 5.41. The van der Waals surface area contributed by atoms with Gasteiger partial charge in [-0.25, -0.2) is 0 Å². The molecule has 1 aliphatic heterocycles. The van der Waals surface area contributed by atoms with E-state index in [1.165, 1.54) is 5.56 Å². The third kappa shape index (κ3) is 2.39. The van der Waals surface area contributed by atoms with Gasteiger partial charge in [-0.05, 0) is 17.0 Å². The van der Waals surface area contributed by atoms with Gasteiger partial charge in [0.1, 0.15) is 0 Å². The van der Waals surface area contributed by atoms with E-state index in [0.717, 1.165) is 10.6 Å². The first-order valence-corrected chi connectivity index (χ1v) is 6.00. The lowest BCUT2D eigenvalue weighted by Gasteiger charge is -2.04. The van der Waals surface area contributed by atoms with Crippen LogP contribution in [-0.2, 0) is 9.47 Å². The third-order valence-electron chi connectivity index (χ3n) is 1.91. The normalized spacial score (nSPS) is 18.4. The molecule has 0 unspecified atom stereocenters. The molecule has 76 valence electrons. The highest BCUT2D eigenvalue weighted by Crippen LogP contribution is 2.29. The van der Waals surface area contributed by atoms with E-state index in [2.05, 4.69) is 30.2 Å². The van der Waals surface area contributed by atoms with E-state index < -0.39 is 0 Å². The lowest BCUT2D eigenvalue weighted by atomic mass is 10.3. The fourth-order valence-electron chi connectivity index (χ4n) is 1.29. The van der Waals surface area contributed by atoms with Crippen molar-refractivity contribution in [1.29, 1.82) is 0 Å². The monoisotopic (exact) mass is 228 g/mol. The second-order valence-corrected chi connectivity index (χ2v) is 4.25. The number of rotatable bonds is 3. The molecule has 1 aromatic rings. The largest absolute Gasteiger partial charge is 0.345 e. The van der Waals surface area contributed by atoms with Gasteiger partial charge < -0.3 is 9.47 Å². The minimum atomic E-state index is -0.141. The molecule has 2 heterocycles. The van der Waals surface area contributed by atoms with Crippen molar-refractivity contribution in [2.45, 2.75) is 6.29 Å². The first-order valence-electron chi connectivity index (χ1n) is 4.49. The predicted octanol–water partition coefficient (Wildman–Crippen LogP) is 2.74. The lowest BCUT2D eigenvalue weighted by molar-refractivity contribution is -0.0413. The number of hydrogen-bond donors (Lipinski definition) is 1. The van der Waals surface area contributed by atoms with Gasteiger partial charge in [-0.2, -0.15) is 12.6 Å². The predicted molar refractivity (Wildman–Crippen MR) is 61.9 cm³/mol. The van der Waals surface area contributed by atoms with Crippen LogP contribution in [0.4, 0.5) is 0 Å². The molecule has 0 spiro atoms. The molecular formula is C10H12O2S2. The van der Waals surface area contributed by atoms with Crippen molar-refractivity contribution in [3.63, 3.8) is 0 Å². The Labute approximate surface area is 92.9 Å². The SMILES string of the molecule is SCC=Cc1csc(C2OCCO2)c1. The molecule has 0 aromatic carbocycles. The average molecular weight is 228 g/mol. The van der Waals surface area contributed by atoms with Gasteiger partial charge in [0.2, 0.25) is 0 Å². The Morgan fingerprint density at radius 1 is 1.50 bits per heavy atom. The van der Waals surface area contributed by atoms with Gasteiger partial charge in [-0.1, -0.05) is 12.2 Å². The van der Waals surface area contributed by atoms with Crippen molar-refractivity contribution in [2.75, 3.05) is 19.0 Å². The quantitative estimate of drug-likeness (QED) is 0.802. The Hall–Kier alpha value is -0.290. The van der Waals surface area contributed by atoms with Crippen molar-refractivity contribution in [3.05, 3.63) is 28.0 Å². The van der Waals surface area contributed by atoms with E-state index >= 15 is 0 Å². The zero-order valence-corrected chi connectivity index (χ0v) is 9.39. The summed E-state index contributed by atoms with van der Waals surface area (Å²) < 4.78 is 10.8. The number of hydrogen-bond acceptors (Lipinski definition) is 4. The van der Waals surface area contributed by atoms with Gasteiger partial charge in [0, 0.05) is 5.75 Å². The topological polar surface area (TPSA) is 18.5 Å². The van der Waals surface area contributed by atoms with Crippen LogP contribution < -0.4 is 0 Å². The molecule has 0 aliphatic carbocycles. The lowest BCUT2D eigenvalue weighted by Crippen LogP contribution is -1.93. The Kier molecular flexibility index (Phi) is 3.64. The van der Waals surface area contributed by atoms with Crippen LogP contribution in [0.2, 0.25) is 0 Å². The van der Waals surface area contributed by atoms with Crippen molar-refractivity contribution in [1.82, 2.24) is 0 Å². The van der Waals surface area contributed by atoms with E-state index in [1.54, 1.807) is 11.3 Å². The summed E-state index contributed by atoms with van der Waals surface area (Å²) in [6.07, 6.45) is 3.94. The second-order valence-electron chi connectivity index (χ2n) is 2.94. The summed E-state index contributed by atoms with van der Waals surface area (Å²) in [6.45, 7) is 1.40. The molecule has 1 saturated heterocycles. The van der Waals surface area contributed by atoms with Gasteiger partial charge in [0.25, 0.3) is 0 Å². The Morgan fingerprint density at radius 3 is 3.00 bits per heavy atom. The van der Waals surface area contributed by atoms with Crippen LogP contribution in [0.15, 0.2) is 17.5 Å². The van der Waals surface area contributed by atoms with Crippen LogP contribution in [0, 0.1) is 0 Å². The summed E-state index contributed by atoms with van der Waals surface area (Å²) in [6, 6.07) is 2.10. The number of ether oxygens (including phenoxy) is 2. The first kappa shape index (κ1) is 10.2. The Balaban J connectivity index is 2.05. The van der Waals surface area contributed by atoms with Crippen LogP contribution in [0.5, 0.6) is 0 Å². The molecule has 14 heavy (non-hydrogen) atoms. The van der Waals surface area contributed by atoms with Crippen LogP contribution in [-0.4, -0.2) is 19.0 Å². The van der Waals surface area contributed by atoms with Gasteiger partial charge in [0.05, 0.1) is 18.1 Å². The minimum Gasteiger partial charge on any atom is -0.345 e. The zero-order valence-electron chi connectivity index (χ0n) is 7.68. The smallest absolute Gasteiger partial charge is 0.193 e. The van der Waals surface area contributed by atoms with Crippen molar-refractivity contribution >= 4 is 30.0 Å². The van der Waals surface area contributed by atoms with Crippen molar-refractivity contribution < 1.29 is 9.47 Å². The van der Waals surface area contributed by atoms with E-state index in [4.69, 9.17) is 9.47 Å². The molecule has 0 radical (unpaired) electrons. The van der Waals surface area contributed by atoms with Crippen molar-refractivity contribution in [3.8, 4) is 0 Å².